The van der Waals surface area contributed by atoms with E-state index in [4.69, 9.17) is 16.3 Å². The highest BCUT2D eigenvalue weighted by molar-refractivity contribution is 9.10. The number of benzene rings is 2. The summed E-state index contributed by atoms with van der Waals surface area (Å²) < 4.78 is 10.2. The number of aryl methyl sites for hydroxylation is 2. The number of nitrogens with zero attached hydrogens (tertiary/aromatic N) is 4. The van der Waals surface area contributed by atoms with Gasteiger partial charge >= 0.3 is 0 Å². The molecule has 1 amide bonds. The smallest absolute Gasteiger partial charge is 0.276 e. The lowest BCUT2D eigenvalue weighted by Gasteiger charge is -2.09. The zero-order valence-electron chi connectivity index (χ0n) is 18.5. The highest BCUT2D eigenvalue weighted by Gasteiger charge is 2.12. The predicted molar refractivity (Wildman–Crippen MR) is 132 cm³/mol. The lowest BCUT2D eigenvalue weighted by Crippen LogP contribution is -2.14. The molecule has 9 heteroatoms. The van der Waals surface area contributed by atoms with Crippen molar-refractivity contribution in [3.63, 3.8) is 0 Å². The number of ether oxygens (including phenoxy) is 1. The molecule has 1 N–H and O–H groups in total. The Kier molecular flexibility index (Phi) is 6.85. The van der Waals surface area contributed by atoms with E-state index in [-0.39, 0.29) is 12.6 Å². The van der Waals surface area contributed by atoms with Crippen molar-refractivity contribution in [2.24, 2.45) is 0 Å². The first kappa shape index (κ1) is 23.1. The Labute approximate surface area is 205 Å². The lowest BCUT2D eigenvalue weighted by atomic mass is 10.2. The molecule has 4 rings (SSSR count). The zero-order chi connectivity index (χ0) is 23.5. The number of rotatable bonds is 7. The summed E-state index contributed by atoms with van der Waals surface area (Å²) in [5.74, 6) is 0.395. The predicted octanol–water partition coefficient (Wildman–Crippen LogP) is 5.76. The molecule has 0 atom stereocenters. The van der Waals surface area contributed by atoms with Crippen molar-refractivity contribution in [2.45, 2.75) is 34.0 Å². The molecular formula is C24H23BrClN5O2. The molecule has 0 spiro atoms. The molecule has 4 aromatic rings. The Balaban J connectivity index is 1.38. The van der Waals surface area contributed by atoms with Gasteiger partial charge < -0.3 is 10.1 Å². The van der Waals surface area contributed by atoms with Crippen LogP contribution in [0.2, 0.25) is 5.02 Å². The van der Waals surface area contributed by atoms with E-state index in [1.165, 1.54) is 0 Å². The second kappa shape index (κ2) is 9.80. The van der Waals surface area contributed by atoms with Gasteiger partial charge in [-0.3, -0.25) is 9.48 Å². The lowest BCUT2D eigenvalue weighted by molar-refractivity contribution is 0.102. The molecule has 7 nitrogen and oxygen atoms in total. The van der Waals surface area contributed by atoms with Gasteiger partial charge in [0.1, 0.15) is 5.75 Å². The Hall–Kier alpha value is -3.10. The molecule has 0 radical (unpaired) electrons. The van der Waals surface area contributed by atoms with Gasteiger partial charge in [0.05, 0.1) is 22.4 Å². The van der Waals surface area contributed by atoms with Gasteiger partial charge in [0, 0.05) is 16.9 Å². The van der Waals surface area contributed by atoms with Gasteiger partial charge in [0.25, 0.3) is 5.91 Å². The van der Waals surface area contributed by atoms with E-state index in [2.05, 4.69) is 31.4 Å². The minimum absolute atomic E-state index is 0.183. The van der Waals surface area contributed by atoms with Crippen LogP contribution in [0, 0.1) is 20.8 Å². The molecule has 0 fully saturated rings. The average Bonchev–Trinajstić information content (AvgIpc) is 3.36. The third kappa shape index (κ3) is 5.46. The van der Waals surface area contributed by atoms with E-state index < -0.39 is 0 Å². The van der Waals surface area contributed by atoms with Crippen molar-refractivity contribution >= 4 is 39.1 Å². The van der Waals surface area contributed by atoms with Crippen LogP contribution in [0.3, 0.4) is 0 Å². The van der Waals surface area contributed by atoms with Gasteiger partial charge in [0.15, 0.2) is 12.4 Å². The molecule has 0 aliphatic carbocycles. The van der Waals surface area contributed by atoms with Crippen molar-refractivity contribution < 1.29 is 9.53 Å². The molecule has 33 heavy (non-hydrogen) atoms. The third-order valence-corrected chi connectivity index (χ3v) is 6.75. The number of carbonyl (C=O) groups is 1. The summed E-state index contributed by atoms with van der Waals surface area (Å²) in [6.07, 6.45) is 1.70. The minimum atomic E-state index is -0.290. The SMILES string of the molecule is Cc1cc(OCn2ccc(C(=O)Nc3cccc(Cn4nc(C)c(Br)c4C)c3)n2)ccc1Cl. The van der Waals surface area contributed by atoms with E-state index in [0.29, 0.717) is 28.7 Å². The van der Waals surface area contributed by atoms with Gasteiger partial charge in [-0.05, 0) is 84.2 Å². The summed E-state index contributed by atoms with van der Waals surface area (Å²) in [5, 5.41) is 12.4. The molecule has 0 saturated carbocycles. The van der Waals surface area contributed by atoms with E-state index in [9.17, 15) is 4.79 Å². The van der Waals surface area contributed by atoms with Crippen molar-refractivity contribution in [2.75, 3.05) is 5.32 Å². The van der Waals surface area contributed by atoms with Crippen LogP contribution >= 0.6 is 27.5 Å². The molecule has 0 bridgehead atoms. The Bertz CT molecular complexity index is 1310. The summed E-state index contributed by atoms with van der Waals surface area (Å²) >= 11 is 9.60. The normalized spacial score (nSPS) is 10.9. The molecule has 2 heterocycles. The van der Waals surface area contributed by atoms with Crippen LogP contribution in [0.4, 0.5) is 5.69 Å². The third-order valence-electron chi connectivity index (χ3n) is 5.18. The zero-order valence-corrected chi connectivity index (χ0v) is 20.8. The van der Waals surface area contributed by atoms with E-state index in [0.717, 1.165) is 27.0 Å². The summed E-state index contributed by atoms with van der Waals surface area (Å²) in [7, 11) is 0. The standard InChI is InChI=1S/C24H23BrClN5O2/c1-15-11-20(7-8-21(15)26)33-14-30-10-9-22(29-30)24(32)27-19-6-4-5-18(12-19)13-31-17(3)23(25)16(2)28-31/h4-12H,13-14H2,1-3H3,(H,27,32). The molecule has 170 valence electrons. The fourth-order valence-corrected chi connectivity index (χ4v) is 3.75. The van der Waals surface area contributed by atoms with Crippen LogP contribution in [0.1, 0.15) is 33.0 Å². The minimum Gasteiger partial charge on any atom is -0.471 e. The van der Waals surface area contributed by atoms with E-state index >= 15 is 0 Å². The number of halogens is 2. The number of nitrogens with one attached hydrogen (secondary N) is 1. The van der Waals surface area contributed by atoms with Crippen LogP contribution in [0.5, 0.6) is 5.75 Å². The molecule has 2 aromatic heterocycles. The van der Waals surface area contributed by atoms with Gasteiger partial charge in [0.2, 0.25) is 0 Å². The summed E-state index contributed by atoms with van der Waals surface area (Å²) in [5.41, 5.74) is 4.97. The maximum Gasteiger partial charge on any atom is 0.276 e. The Morgan fingerprint density at radius 3 is 2.67 bits per heavy atom. The maximum atomic E-state index is 12.7. The average molecular weight is 529 g/mol. The molecule has 0 saturated heterocycles. The quantitative estimate of drug-likeness (QED) is 0.331. The fourth-order valence-electron chi connectivity index (χ4n) is 3.35. The van der Waals surface area contributed by atoms with Gasteiger partial charge in [-0.2, -0.15) is 10.2 Å². The number of carbonyl (C=O) groups excluding carboxylic acids is 1. The first-order valence-corrected chi connectivity index (χ1v) is 11.5. The van der Waals surface area contributed by atoms with E-state index in [1.807, 2.05) is 55.8 Å². The second-order valence-electron chi connectivity index (χ2n) is 7.72. The van der Waals surface area contributed by atoms with Gasteiger partial charge in [-0.1, -0.05) is 23.7 Å². The van der Waals surface area contributed by atoms with E-state index in [1.54, 1.807) is 29.1 Å². The summed E-state index contributed by atoms with van der Waals surface area (Å²) in [6, 6.07) is 14.8. The summed E-state index contributed by atoms with van der Waals surface area (Å²) in [4.78, 5) is 12.7. The molecule has 0 aliphatic heterocycles. The number of amides is 1. The van der Waals surface area contributed by atoms with Crippen LogP contribution in [-0.2, 0) is 13.3 Å². The highest BCUT2D eigenvalue weighted by atomic mass is 79.9. The van der Waals surface area contributed by atoms with Crippen LogP contribution < -0.4 is 10.1 Å². The molecule has 0 unspecified atom stereocenters. The molecule has 0 aliphatic rings. The Morgan fingerprint density at radius 1 is 1.12 bits per heavy atom. The second-order valence-corrected chi connectivity index (χ2v) is 8.92. The number of hydrogen-bond acceptors (Lipinski definition) is 4. The first-order chi connectivity index (χ1) is 15.8. The molecule has 2 aromatic carbocycles. The highest BCUT2D eigenvalue weighted by Crippen LogP contribution is 2.22. The van der Waals surface area contributed by atoms with Crippen molar-refractivity contribution in [3.8, 4) is 5.75 Å². The van der Waals surface area contributed by atoms with Gasteiger partial charge in [-0.15, -0.1) is 0 Å². The van der Waals surface area contributed by atoms with Gasteiger partial charge in [-0.25, -0.2) is 4.68 Å². The van der Waals surface area contributed by atoms with Crippen LogP contribution in [0.15, 0.2) is 59.2 Å². The number of aromatic nitrogens is 4. The maximum absolute atomic E-state index is 12.7. The van der Waals surface area contributed by atoms with Crippen molar-refractivity contribution in [1.82, 2.24) is 19.6 Å². The monoisotopic (exact) mass is 527 g/mol. The van der Waals surface area contributed by atoms with Crippen molar-refractivity contribution in [3.05, 3.63) is 92.4 Å². The fraction of sp³-hybridized carbons (Fsp3) is 0.208. The van der Waals surface area contributed by atoms with Crippen molar-refractivity contribution in [1.29, 1.82) is 0 Å². The first-order valence-electron chi connectivity index (χ1n) is 10.3. The van der Waals surface area contributed by atoms with Crippen LogP contribution in [0.25, 0.3) is 0 Å². The Morgan fingerprint density at radius 2 is 1.94 bits per heavy atom. The molecular weight excluding hydrogens is 506 g/mol. The topological polar surface area (TPSA) is 74.0 Å². The number of hydrogen-bond donors (Lipinski definition) is 1. The summed E-state index contributed by atoms with van der Waals surface area (Å²) in [6.45, 7) is 6.69. The van der Waals surface area contributed by atoms with Crippen LogP contribution in [-0.4, -0.2) is 25.5 Å². The number of anilines is 1. The largest absolute Gasteiger partial charge is 0.471 e.